The van der Waals surface area contributed by atoms with Crippen LogP contribution in [0.5, 0.6) is 0 Å². The second kappa shape index (κ2) is 9.35. The van der Waals surface area contributed by atoms with Gasteiger partial charge in [0, 0.05) is 26.2 Å². The van der Waals surface area contributed by atoms with E-state index in [0.717, 1.165) is 30.3 Å². The van der Waals surface area contributed by atoms with Crippen molar-refractivity contribution in [3.05, 3.63) is 39.0 Å². The summed E-state index contributed by atoms with van der Waals surface area (Å²) in [5.41, 5.74) is -0.952. The molecule has 1 saturated heterocycles. The topological polar surface area (TPSA) is 110 Å². The van der Waals surface area contributed by atoms with Crippen molar-refractivity contribution < 1.29 is 13.2 Å². The minimum Gasteiger partial charge on any atom is -0.341 e. The third-order valence-corrected chi connectivity index (χ3v) is 7.44. The van der Waals surface area contributed by atoms with Gasteiger partial charge in [0.2, 0.25) is 15.9 Å². The Bertz CT molecular complexity index is 1190. The number of aryl methyl sites for hydroxylation is 1. The van der Waals surface area contributed by atoms with Crippen molar-refractivity contribution in [2.45, 2.75) is 63.4 Å². The van der Waals surface area contributed by atoms with Crippen LogP contribution in [0.25, 0.3) is 10.9 Å². The molecule has 1 aliphatic rings. The molecule has 2 aromatic rings. The van der Waals surface area contributed by atoms with Gasteiger partial charge >= 0.3 is 5.69 Å². The van der Waals surface area contributed by atoms with E-state index in [1.54, 1.807) is 11.8 Å². The van der Waals surface area contributed by atoms with Crippen molar-refractivity contribution in [3.63, 3.8) is 0 Å². The maximum atomic E-state index is 13.1. The molecule has 10 heteroatoms. The molecule has 1 aliphatic heterocycles. The number of rotatable bonds is 6. The van der Waals surface area contributed by atoms with E-state index < -0.39 is 21.3 Å². The summed E-state index contributed by atoms with van der Waals surface area (Å²) >= 11 is 0. The van der Waals surface area contributed by atoms with E-state index in [0.29, 0.717) is 25.0 Å². The second-order valence-corrected chi connectivity index (χ2v) is 9.85. The lowest BCUT2D eigenvalue weighted by atomic mass is 10.2. The van der Waals surface area contributed by atoms with Gasteiger partial charge in [-0.25, -0.2) is 17.9 Å². The maximum Gasteiger partial charge on any atom is 0.331 e. The average molecular weight is 451 g/mol. The number of nitrogens with zero attached hydrogens (tertiary/aromatic N) is 3. The standard InChI is InChI=1S/C21H30N4O5S/c1-4-15(2)22-31(29,30)16-9-10-18-17(13-16)20(27)25(21(28)23(18)3)14-19(26)24-11-7-5-6-8-12-24/h9-10,13,15,22H,4-8,11-12,14H2,1-3H3/t15-/m1/s1. The number of benzene rings is 1. The van der Waals surface area contributed by atoms with Crippen molar-refractivity contribution >= 4 is 26.8 Å². The molecule has 0 unspecified atom stereocenters. The van der Waals surface area contributed by atoms with Crippen LogP contribution < -0.4 is 16.0 Å². The van der Waals surface area contributed by atoms with Crippen molar-refractivity contribution in [2.75, 3.05) is 13.1 Å². The molecule has 0 aliphatic carbocycles. The largest absolute Gasteiger partial charge is 0.341 e. The first kappa shape index (κ1) is 23.2. The number of aromatic nitrogens is 2. The summed E-state index contributed by atoms with van der Waals surface area (Å²) < 4.78 is 30.0. The van der Waals surface area contributed by atoms with Crippen LogP contribution in [0, 0.1) is 0 Å². The highest BCUT2D eigenvalue weighted by atomic mass is 32.2. The zero-order valence-corrected chi connectivity index (χ0v) is 19.1. The molecule has 0 radical (unpaired) electrons. The molecule has 170 valence electrons. The van der Waals surface area contributed by atoms with Gasteiger partial charge < -0.3 is 4.90 Å². The molecule has 1 amide bonds. The van der Waals surface area contributed by atoms with Crippen LogP contribution in [-0.2, 0) is 28.4 Å². The van der Waals surface area contributed by atoms with Gasteiger partial charge in [0.15, 0.2) is 0 Å². The molecule has 1 aromatic heterocycles. The fourth-order valence-electron chi connectivity index (χ4n) is 3.77. The molecule has 31 heavy (non-hydrogen) atoms. The van der Waals surface area contributed by atoms with Crippen LogP contribution in [0.3, 0.4) is 0 Å². The van der Waals surface area contributed by atoms with E-state index in [-0.39, 0.29) is 28.8 Å². The molecule has 1 N–H and O–H groups in total. The smallest absolute Gasteiger partial charge is 0.331 e. The van der Waals surface area contributed by atoms with E-state index in [1.807, 2.05) is 6.92 Å². The van der Waals surface area contributed by atoms with Crippen LogP contribution in [0.2, 0.25) is 0 Å². The van der Waals surface area contributed by atoms with Crippen molar-refractivity contribution in [1.82, 2.24) is 18.8 Å². The van der Waals surface area contributed by atoms with Gasteiger partial charge in [0.25, 0.3) is 5.56 Å². The molecule has 1 fully saturated rings. The number of hydrogen-bond acceptors (Lipinski definition) is 5. The summed E-state index contributed by atoms with van der Waals surface area (Å²) in [4.78, 5) is 40.3. The van der Waals surface area contributed by atoms with Crippen LogP contribution in [0.4, 0.5) is 0 Å². The fraction of sp³-hybridized carbons (Fsp3) is 0.571. The van der Waals surface area contributed by atoms with E-state index >= 15 is 0 Å². The van der Waals surface area contributed by atoms with E-state index in [9.17, 15) is 22.8 Å². The zero-order valence-electron chi connectivity index (χ0n) is 18.3. The van der Waals surface area contributed by atoms with Gasteiger partial charge in [0.05, 0.1) is 15.8 Å². The third-order valence-electron chi connectivity index (χ3n) is 5.85. The van der Waals surface area contributed by atoms with E-state index in [4.69, 9.17) is 0 Å². The lowest BCUT2D eigenvalue weighted by Crippen LogP contribution is -2.44. The minimum absolute atomic E-state index is 0.0542. The Hall–Kier alpha value is -2.46. The Morgan fingerprint density at radius 1 is 1.13 bits per heavy atom. The van der Waals surface area contributed by atoms with Crippen molar-refractivity contribution in [2.24, 2.45) is 7.05 Å². The van der Waals surface area contributed by atoms with Crippen molar-refractivity contribution in [1.29, 1.82) is 0 Å². The monoisotopic (exact) mass is 450 g/mol. The number of carbonyl (C=O) groups excluding carboxylic acids is 1. The quantitative estimate of drug-likeness (QED) is 0.711. The summed E-state index contributed by atoms with van der Waals surface area (Å²) in [6.07, 6.45) is 4.54. The Balaban J connectivity index is 2.04. The first-order valence-electron chi connectivity index (χ1n) is 10.7. The molecular formula is C21H30N4O5S. The highest BCUT2D eigenvalue weighted by molar-refractivity contribution is 7.89. The predicted octanol–water partition coefficient (Wildman–Crippen LogP) is 1.18. The van der Waals surface area contributed by atoms with Crippen LogP contribution in [0.15, 0.2) is 32.7 Å². The Morgan fingerprint density at radius 2 is 1.77 bits per heavy atom. The molecule has 9 nitrogen and oxygen atoms in total. The molecule has 3 rings (SSSR count). The van der Waals surface area contributed by atoms with E-state index in [1.165, 1.54) is 29.8 Å². The van der Waals surface area contributed by atoms with Gasteiger partial charge in [-0.05, 0) is 44.4 Å². The summed E-state index contributed by atoms with van der Waals surface area (Å²) in [5.74, 6) is -0.275. The third kappa shape index (κ3) is 4.90. The number of hydrogen-bond donors (Lipinski definition) is 1. The molecular weight excluding hydrogens is 420 g/mol. The summed E-state index contributed by atoms with van der Waals surface area (Å²) in [5, 5.41) is 0.0813. The molecule has 1 atom stereocenters. The Labute approximate surface area is 181 Å². The first-order valence-corrected chi connectivity index (χ1v) is 12.2. The molecule has 0 spiro atoms. The highest BCUT2D eigenvalue weighted by Crippen LogP contribution is 2.16. The molecule has 0 bridgehead atoms. The number of fused-ring (bicyclic) bond motifs is 1. The van der Waals surface area contributed by atoms with Gasteiger partial charge in [-0.15, -0.1) is 0 Å². The predicted molar refractivity (Wildman–Crippen MR) is 119 cm³/mol. The number of carbonyl (C=O) groups is 1. The minimum atomic E-state index is -3.82. The van der Waals surface area contributed by atoms with Gasteiger partial charge in [-0.2, -0.15) is 0 Å². The number of nitrogens with one attached hydrogen (secondary N) is 1. The highest BCUT2D eigenvalue weighted by Gasteiger charge is 2.22. The number of amides is 1. The van der Waals surface area contributed by atoms with Gasteiger partial charge in [0.1, 0.15) is 6.54 Å². The lowest BCUT2D eigenvalue weighted by Gasteiger charge is -2.21. The summed E-state index contributed by atoms with van der Waals surface area (Å²) in [6, 6.07) is 3.83. The molecule has 0 saturated carbocycles. The molecule has 2 heterocycles. The van der Waals surface area contributed by atoms with Gasteiger partial charge in [-0.3, -0.25) is 18.7 Å². The zero-order chi connectivity index (χ0) is 22.8. The number of likely N-dealkylation sites (tertiary alicyclic amines) is 1. The maximum absolute atomic E-state index is 13.1. The fourth-order valence-corrected chi connectivity index (χ4v) is 5.13. The summed E-state index contributed by atoms with van der Waals surface area (Å²) in [6.45, 7) is 4.49. The lowest BCUT2D eigenvalue weighted by molar-refractivity contribution is -0.131. The number of sulfonamides is 1. The van der Waals surface area contributed by atoms with Crippen LogP contribution >= 0.6 is 0 Å². The first-order chi connectivity index (χ1) is 14.7. The summed E-state index contributed by atoms with van der Waals surface area (Å²) in [7, 11) is -2.32. The van der Waals surface area contributed by atoms with Crippen LogP contribution in [0.1, 0.15) is 46.0 Å². The normalized spacial score (nSPS) is 16.3. The van der Waals surface area contributed by atoms with E-state index in [2.05, 4.69) is 4.72 Å². The SMILES string of the molecule is CC[C@@H](C)NS(=O)(=O)c1ccc2c(c1)c(=O)n(CC(=O)N1CCCCCC1)c(=O)n2C. The van der Waals surface area contributed by atoms with Crippen LogP contribution in [-0.4, -0.2) is 47.5 Å². The van der Waals surface area contributed by atoms with Gasteiger partial charge in [-0.1, -0.05) is 19.8 Å². The second-order valence-electron chi connectivity index (χ2n) is 8.14. The molecule has 1 aromatic carbocycles. The Kier molecular flexibility index (Phi) is 7.00. The Morgan fingerprint density at radius 3 is 2.39 bits per heavy atom. The van der Waals surface area contributed by atoms with Crippen molar-refractivity contribution in [3.8, 4) is 0 Å². The average Bonchev–Trinajstić information content (AvgIpc) is 3.04.